The Balaban J connectivity index is 2.44. The van der Waals surface area contributed by atoms with Gasteiger partial charge in [-0.25, -0.2) is 0 Å². The average molecular weight is 278 g/mol. The van der Waals surface area contributed by atoms with Crippen LogP contribution in [0.2, 0.25) is 0 Å². The van der Waals surface area contributed by atoms with Crippen molar-refractivity contribution in [2.24, 2.45) is 0 Å². The van der Waals surface area contributed by atoms with Gasteiger partial charge >= 0.3 is 0 Å². The van der Waals surface area contributed by atoms with Crippen LogP contribution in [-0.4, -0.2) is 12.1 Å². The highest BCUT2D eigenvalue weighted by atomic mass is 79.9. The molecule has 0 radical (unpaired) electrons. The zero-order valence-electron chi connectivity index (χ0n) is 9.20. The van der Waals surface area contributed by atoms with Crippen molar-refractivity contribution in [3.63, 3.8) is 0 Å². The first-order valence-corrected chi connectivity index (χ1v) is 5.76. The van der Waals surface area contributed by atoms with E-state index in [0.29, 0.717) is 0 Å². The molecule has 0 aliphatic carbocycles. The zero-order valence-corrected chi connectivity index (χ0v) is 10.8. The largest absolute Gasteiger partial charge is 0.496 e. The van der Waals surface area contributed by atoms with Gasteiger partial charge in [-0.05, 0) is 46.6 Å². The minimum Gasteiger partial charge on any atom is -0.496 e. The lowest BCUT2D eigenvalue weighted by molar-refractivity contribution is 0.412. The number of pyridine rings is 1. The van der Waals surface area contributed by atoms with Crippen LogP contribution in [-0.2, 0) is 0 Å². The van der Waals surface area contributed by atoms with Crippen molar-refractivity contribution in [1.82, 2.24) is 4.98 Å². The molecule has 0 unspecified atom stereocenters. The molecule has 1 aromatic carbocycles. The van der Waals surface area contributed by atoms with Crippen LogP contribution in [0.3, 0.4) is 0 Å². The molecule has 2 nitrogen and oxygen atoms in total. The van der Waals surface area contributed by atoms with Crippen LogP contribution in [0.1, 0.15) is 5.56 Å². The lowest BCUT2D eigenvalue weighted by Gasteiger charge is -2.07. The minimum atomic E-state index is 0.891. The lowest BCUT2D eigenvalue weighted by atomic mass is 10.1. The summed E-state index contributed by atoms with van der Waals surface area (Å²) in [5.41, 5.74) is 3.14. The summed E-state index contributed by atoms with van der Waals surface area (Å²) >= 11 is 3.37. The molecular weight excluding hydrogens is 266 g/mol. The van der Waals surface area contributed by atoms with Gasteiger partial charge in [-0.2, -0.15) is 0 Å². The van der Waals surface area contributed by atoms with E-state index in [1.807, 2.05) is 37.3 Å². The maximum absolute atomic E-state index is 5.29. The van der Waals surface area contributed by atoms with Crippen LogP contribution in [0.5, 0.6) is 5.75 Å². The number of nitrogens with zero attached hydrogens (tertiary/aromatic N) is 1. The summed E-state index contributed by atoms with van der Waals surface area (Å²) in [7, 11) is 1.68. The molecule has 2 aromatic rings. The number of hydrogen-bond donors (Lipinski definition) is 0. The Kier molecular flexibility index (Phi) is 3.25. The van der Waals surface area contributed by atoms with E-state index in [0.717, 1.165) is 27.0 Å². The van der Waals surface area contributed by atoms with Gasteiger partial charge in [-0.1, -0.05) is 12.1 Å². The highest BCUT2D eigenvalue weighted by Gasteiger charge is 2.03. The Hall–Kier alpha value is -1.35. The van der Waals surface area contributed by atoms with E-state index in [9.17, 15) is 0 Å². The molecule has 1 heterocycles. The molecule has 0 N–H and O–H groups in total. The second-order valence-electron chi connectivity index (χ2n) is 3.55. The van der Waals surface area contributed by atoms with E-state index in [1.165, 1.54) is 0 Å². The van der Waals surface area contributed by atoms with Gasteiger partial charge in [0.2, 0.25) is 0 Å². The minimum absolute atomic E-state index is 0.891. The molecule has 0 amide bonds. The van der Waals surface area contributed by atoms with E-state index >= 15 is 0 Å². The second kappa shape index (κ2) is 4.66. The van der Waals surface area contributed by atoms with Crippen molar-refractivity contribution in [3.8, 4) is 17.0 Å². The standard InChI is InChI=1S/C13H12BrNO/c1-9-3-4-10(7-13(9)16-2)12-6-5-11(14)8-15-12/h3-8H,1-2H3. The summed E-state index contributed by atoms with van der Waals surface area (Å²) in [6, 6.07) is 10.1. The maximum Gasteiger partial charge on any atom is 0.122 e. The number of rotatable bonds is 2. The summed E-state index contributed by atoms with van der Waals surface area (Å²) < 4.78 is 6.28. The van der Waals surface area contributed by atoms with Gasteiger partial charge in [0.1, 0.15) is 5.75 Å². The number of halogens is 1. The summed E-state index contributed by atoms with van der Waals surface area (Å²) in [5, 5.41) is 0. The number of aryl methyl sites for hydroxylation is 1. The first-order valence-electron chi connectivity index (χ1n) is 4.97. The molecule has 82 valence electrons. The molecule has 16 heavy (non-hydrogen) atoms. The lowest BCUT2D eigenvalue weighted by Crippen LogP contribution is -1.89. The average Bonchev–Trinajstić information content (AvgIpc) is 2.31. The Morgan fingerprint density at radius 3 is 2.62 bits per heavy atom. The van der Waals surface area contributed by atoms with Gasteiger partial charge in [0, 0.05) is 16.2 Å². The molecule has 0 aliphatic heterocycles. The van der Waals surface area contributed by atoms with E-state index < -0.39 is 0 Å². The van der Waals surface area contributed by atoms with Crippen LogP contribution in [0.25, 0.3) is 11.3 Å². The monoisotopic (exact) mass is 277 g/mol. The predicted molar refractivity (Wildman–Crippen MR) is 68.7 cm³/mol. The van der Waals surface area contributed by atoms with Crippen molar-refractivity contribution in [1.29, 1.82) is 0 Å². The Morgan fingerprint density at radius 2 is 2.00 bits per heavy atom. The first-order chi connectivity index (χ1) is 7.70. The number of hydrogen-bond acceptors (Lipinski definition) is 2. The predicted octanol–water partition coefficient (Wildman–Crippen LogP) is 3.83. The highest BCUT2D eigenvalue weighted by molar-refractivity contribution is 9.10. The molecule has 1 aromatic heterocycles. The molecular formula is C13H12BrNO. The topological polar surface area (TPSA) is 22.1 Å². The van der Waals surface area contributed by atoms with Crippen molar-refractivity contribution in [2.45, 2.75) is 6.92 Å². The molecule has 0 saturated heterocycles. The molecule has 0 fully saturated rings. The van der Waals surface area contributed by atoms with Gasteiger partial charge in [-0.3, -0.25) is 4.98 Å². The second-order valence-corrected chi connectivity index (χ2v) is 4.46. The van der Waals surface area contributed by atoms with Crippen LogP contribution >= 0.6 is 15.9 Å². The van der Waals surface area contributed by atoms with E-state index in [-0.39, 0.29) is 0 Å². The Labute approximate surface area is 103 Å². The molecule has 0 aliphatic rings. The Bertz CT molecular complexity index is 494. The molecule has 0 atom stereocenters. The van der Waals surface area contributed by atoms with Gasteiger partial charge in [0.05, 0.1) is 12.8 Å². The van der Waals surface area contributed by atoms with Crippen LogP contribution < -0.4 is 4.74 Å². The Morgan fingerprint density at radius 1 is 1.19 bits per heavy atom. The van der Waals surface area contributed by atoms with Crippen molar-refractivity contribution in [3.05, 3.63) is 46.6 Å². The fraction of sp³-hybridized carbons (Fsp3) is 0.154. The quantitative estimate of drug-likeness (QED) is 0.833. The van der Waals surface area contributed by atoms with Gasteiger partial charge in [-0.15, -0.1) is 0 Å². The normalized spacial score (nSPS) is 10.2. The number of aromatic nitrogens is 1. The highest BCUT2D eigenvalue weighted by Crippen LogP contribution is 2.26. The number of benzene rings is 1. The third-order valence-corrected chi connectivity index (χ3v) is 2.90. The first kappa shape index (κ1) is 11.1. The van der Waals surface area contributed by atoms with Gasteiger partial charge < -0.3 is 4.74 Å². The van der Waals surface area contributed by atoms with Crippen LogP contribution in [0.15, 0.2) is 41.0 Å². The van der Waals surface area contributed by atoms with Crippen molar-refractivity contribution < 1.29 is 4.74 Å². The van der Waals surface area contributed by atoms with E-state index in [2.05, 4.69) is 20.9 Å². The summed E-state index contributed by atoms with van der Waals surface area (Å²) in [6.45, 7) is 2.03. The summed E-state index contributed by atoms with van der Waals surface area (Å²) in [4.78, 5) is 4.35. The smallest absolute Gasteiger partial charge is 0.122 e. The molecule has 3 heteroatoms. The van der Waals surface area contributed by atoms with E-state index in [4.69, 9.17) is 4.74 Å². The van der Waals surface area contributed by atoms with Crippen LogP contribution in [0.4, 0.5) is 0 Å². The zero-order chi connectivity index (χ0) is 11.5. The molecule has 0 saturated carbocycles. The third-order valence-electron chi connectivity index (χ3n) is 2.43. The maximum atomic E-state index is 5.29. The fourth-order valence-corrected chi connectivity index (χ4v) is 1.76. The van der Waals surface area contributed by atoms with Gasteiger partial charge in [0.25, 0.3) is 0 Å². The number of methoxy groups -OCH3 is 1. The fourth-order valence-electron chi connectivity index (χ4n) is 1.53. The SMILES string of the molecule is COc1cc(-c2ccc(Br)cn2)ccc1C. The third kappa shape index (κ3) is 2.25. The van der Waals surface area contributed by atoms with E-state index in [1.54, 1.807) is 13.3 Å². The summed E-state index contributed by atoms with van der Waals surface area (Å²) in [6.07, 6.45) is 1.79. The summed E-state index contributed by atoms with van der Waals surface area (Å²) in [5.74, 6) is 0.891. The number of ether oxygens (including phenoxy) is 1. The van der Waals surface area contributed by atoms with Crippen molar-refractivity contribution >= 4 is 15.9 Å². The molecule has 0 spiro atoms. The van der Waals surface area contributed by atoms with Crippen molar-refractivity contribution in [2.75, 3.05) is 7.11 Å². The van der Waals surface area contributed by atoms with Crippen LogP contribution in [0, 0.1) is 6.92 Å². The molecule has 0 bridgehead atoms. The van der Waals surface area contributed by atoms with Gasteiger partial charge in [0.15, 0.2) is 0 Å². The molecule has 2 rings (SSSR count).